The van der Waals surface area contributed by atoms with Crippen molar-refractivity contribution < 1.29 is 17.6 Å². The highest BCUT2D eigenvalue weighted by Gasteiger charge is 2.38. The van der Waals surface area contributed by atoms with E-state index in [4.69, 9.17) is 0 Å². The Labute approximate surface area is 170 Å². The van der Waals surface area contributed by atoms with Crippen LogP contribution in [0.5, 0.6) is 0 Å². The number of aryl methyl sites for hydroxylation is 1. The molecule has 2 heterocycles. The number of aromatic nitrogens is 4. The Kier molecular flexibility index (Phi) is 5.95. The minimum Gasteiger partial charge on any atom is -0.374 e. The number of halogens is 4. The average Bonchev–Trinajstić information content (AvgIpc) is 3.19. The molecule has 0 unspecified atom stereocenters. The molecule has 0 bridgehead atoms. The van der Waals surface area contributed by atoms with Gasteiger partial charge in [-0.25, -0.2) is 4.39 Å². The van der Waals surface area contributed by atoms with Crippen molar-refractivity contribution in [3.63, 3.8) is 0 Å². The summed E-state index contributed by atoms with van der Waals surface area (Å²) >= 11 is 0. The quantitative estimate of drug-likeness (QED) is 0.474. The minimum absolute atomic E-state index is 0.188. The van der Waals surface area contributed by atoms with Gasteiger partial charge in [-0.05, 0) is 49.0 Å². The van der Waals surface area contributed by atoms with Crippen molar-refractivity contribution in [3.8, 4) is 11.3 Å². The van der Waals surface area contributed by atoms with Crippen molar-refractivity contribution in [1.29, 1.82) is 0 Å². The van der Waals surface area contributed by atoms with E-state index >= 15 is 0 Å². The maximum Gasteiger partial charge on any atom is 0.437 e. The summed E-state index contributed by atoms with van der Waals surface area (Å²) in [7, 11) is 1.79. The van der Waals surface area contributed by atoms with Crippen LogP contribution < -0.4 is 0 Å². The summed E-state index contributed by atoms with van der Waals surface area (Å²) in [6, 6.07) is 7.36. The third-order valence-electron chi connectivity index (χ3n) is 4.35. The Bertz CT molecular complexity index is 1090. The molecular formula is C20H18F4N6. The lowest BCUT2D eigenvalue weighted by atomic mass is 10.1. The SMILES string of the molecule is C=N/C(=C\N(C)Cc1ccc(F)cc1C)c1cc(-c2n[nH]nc2C(F)(F)F)ccn1. The van der Waals surface area contributed by atoms with Crippen LogP contribution in [0.4, 0.5) is 17.6 Å². The summed E-state index contributed by atoms with van der Waals surface area (Å²) in [5.74, 6) is -0.310. The fourth-order valence-corrected chi connectivity index (χ4v) is 2.90. The van der Waals surface area contributed by atoms with Crippen LogP contribution in [0, 0.1) is 12.7 Å². The molecule has 0 aliphatic heterocycles. The number of benzene rings is 1. The van der Waals surface area contributed by atoms with Crippen molar-refractivity contribution in [3.05, 3.63) is 71.1 Å². The van der Waals surface area contributed by atoms with E-state index in [0.717, 1.165) is 11.1 Å². The van der Waals surface area contributed by atoms with Crippen LogP contribution in [0.3, 0.4) is 0 Å². The topological polar surface area (TPSA) is 70.1 Å². The highest BCUT2D eigenvalue weighted by molar-refractivity contribution is 5.70. The van der Waals surface area contributed by atoms with E-state index in [1.54, 1.807) is 24.2 Å². The highest BCUT2D eigenvalue weighted by atomic mass is 19.4. The first-order valence-corrected chi connectivity index (χ1v) is 8.77. The molecule has 0 amide bonds. The van der Waals surface area contributed by atoms with Gasteiger partial charge in [0.2, 0.25) is 0 Å². The third kappa shape index (κ3) is 4.70. The summed E-state index contributed by atoms with van der Waals surface area (Å²) in [5, 5.41) is 8.83. The van der Waals surface area contributed by atoms with Crippen LogP contribution in [-0.2, 0) is 12.7 Å². The van der Waals surface area contributed by atoms with Crippen molar-refractivity contribution in [2.75, 3.05) is 7.05 Å². The summed E-state index contributed by atoms with van der Waals surface area (Å²) in [4.78, 5) is 9.94. The molecule has 156 valence electrons. The van der Waals surface area contributed by atoms with E-state index in [1.807, 2.05) is 12.1 Å². The largest absolute Gasteiger partial charge is 0.437 e. The average molecular weight is 418 g/mol. The molecule has 3 aromatic rings. The molecule has 2 aromatic heterocycles. The first-order chi connectivity index (χ1) is 14.2. The zero-order valence-electron chi connectivity index (χ0n) is 16.2. The van der Waals surface area contributed by atoms with E-state index in [0.29, 0.717) is 17.9 Å². The lowest BCUT2D eigenvalue weighted by molar-refractivity contribution is -0.140. The lowest BCUT2D eigenvalue weighted by Crippen LogP contribution is -2.12. The second kappa shape index (κ2) is 8.44. The predicted molar refractivity (Wildman–Crippen MR) is 105 cm³/mol. The monoisotopic (exact) mass is 418 g/mol. The first-order valence-electron chi connectivity index (χ1n) is 8.77. The Hall–Kier alpha value is -3.56. The van der Waals surface area contributed by atoms with Crippen molar-refractivity contribution in [2.45, 2.75) is 19.6 Å². The molecule has 6 nitrogen and oxygen atoms in total. The number of H-pyrrole nitrogens is 1. The summed E-state index contributed by atoms with van der Waals surface area (Å²) < 4.78 is 52.7. The van der Waals surface area contributed by atoms with Gasteiger partial charge < -0.3 is 4.90 Å². The van der Waals surface area contributed by atoms with Crippen molar-refractivity contribution in [1.82, 2.24) is 25.3 Å². The first kappa shape index (κ1) is 21.2. The third-order valence-corrected chi connectivity index (χ3v) is 4.35. The number of aromatic amines is 1. The number of hydrogen-bond donors (Lipinski definition) is 1. The van der Waals surface area contributed by atoms with Gasteiger partial charge in [0, 0.05) is 31.6 Å². The maximum atomic E-state index is 13.3. The second-order valence-corrected chi connectivity index (χ2v) is 6.61. The zero-order valence-corrected chi connectivity index (χ0v) is 16.2. The van der Waals surface area contributed by atoms with E-state index in [9.17, 15) is 17.6 Å². The molecule has 0 saturated carbocycles. The molecule has 3 rings (SSSR count). The van der Waals surface area contributed by atoms with Gasteiger partial charge in [0.25, 0.3) is 0 Å². The molecule has 0 spiro atoms. The van der Waals surface area contributed by atoms with Gasteiger partial charge >= 0.3 is 6.18 Å². The zero-order chi connectivity index (χ0) is 21.9. The van der Waals surface area contributed by atoms with Gasteiger partial charge in [0.15, 0.2) is 5.69 Å². The number of hydrogen-bond acceptors (Lipinski definition) is 5. The number of aliphatic imine (C=N–C) groups is 1. The molecule has 10 heteroatoms. The van der Waals surface area contributed by atoms with Gasteiger partial charge in [-0.1, -0.05) is 6.07 Å². The van der Waals surface area contributed by atoms with Crippen LogP contribution in [0.1, 0.15) is 22.5 Å². The molecule has 0 radical (unpaired) electrons. The van der Waals surface area contributed by atoms with Crippen LogP contribution in [0.15, 0.2) is 47.7 Å². The van der Waals surface area contributed by atoms with Gasteiger partial charge in [0.05, 0.1) is 5.69 Å². The van der Waals surface area contributed by atoms with Crippen molar-refractivity contribution >= 4 is 12.4 Å². The van der Waals surface area contributed by atoms with Gasteiger partial charge in [-0.2, -0.15) is 28.6 Å². The number of rotatable bonds is 6. The number of nitrogens with one attached hydrogen (secondary N) is 1. The lowest BCUT2D eigenvalue weighted by Gasteiger charge is -2.17. The van der Waals surface area contributed by atoms with E-state index < -0.39 is 11.9 Å². The van der Waals surface area contributed by atoms with Crippen molar-refractivity contribution in [2.24, 2.45) is 4.99 Å². The molecule has 30 heavy (non-hydrogen) atoms. The summed E-state index contributed by atoms with van der Waals surface area (Å²) in [5.41, 5.74) is 1.14. The van der Waals surface area contributed by atoms with E-state index in [1.165, 1.54) is 30.5 Å². The standard InChI is InChI=1S/C20H18F4N6/c1-12-8-15(21)5-4-14(12)10-30(3)11-17(25-2)16-9-13(6-7-26-16)18-19(20(22,23)24)28-29-27-18/h4-9,11H,2,10H2,1,3H3,(H,27,28,29)/b17-11-. The van der Waals surface area contributed by atoms with Gasteiger partial charge in [-0.15, -0.1) is 0 Å². The Morgan fingerprint density at radius 1 is 1.23 bits per heavy atom. The van der Waals surface area contributed by atoms with E-state index in [-0.39, 0.29) is 17.1 Å². The number of nitrogens with zero attached hydrogens (tertiary/aromatic N) is 5. The Balaban J connectivity index is 1.89. The normalized spacial score (nSPS) is 12.1. The maximum absolute atomic E-state index is 13.3. The van der Waals surface area contributed by atoms with Crippen LogP contribution in [0.25, 0.3) is 17.0 Å². The Morgan fingerprint density at radius 3 is 2.67 bits per heavy atom. The fourth-order valence-electron chi connectivity index (χ4n) is 2.90. The molecule has 0 saturated heterocycles. The molecule has 1 aromatic carbocycles. The number of pyridine rings is 1. The van der Waals surface area contributed by atoms with Crippen LogP contribution in [0.2, 0.25) is 0 Å². The van der Waals surface area contributed by atoms with Gasteiger partial charge in [0.1, 0.15) is 17.2 Å². The van der Waals surface area contributed by atoms with Crippen LogP contribution in [-0.4, -0.2) is 39.1 Å². The smallest absolute Gasteiger partial charge is 0.374 e. The fraction of sp³-hybridized carbons (Fsp3) is 0.200. The summed E-state index contributed by atoms with van der Waals surface area (Å²) in [6.07, 6.45) is -1.62. The molecule has 0 aliphatic carbocycles. The minimum atomic E-state index is -4.64. The molecule has 0 aliphatic rings. The summed E-state index contributed by atoms with van der Waals surface area (Å²) in [6.45, 7) is 5.80. The van der Waals surface area contributed by atoms with Gasteiger partial charge in [-0.3, -0.25) is 9.98 Å². The molecular weight excluding hydrogens is 400 g/mol. The molecule has 0 atom stereocenters. The van der Waals surface area contributed by atoms with E-state index in [2.05, 4.69) is 26.9 Å². The molecule has 1 N–H and O–H groups in total. The van der Waals surface area contributed by atoms with Crippen LogP contribution >= 0.6 is 0 Å². The Morgan fingerprint density at radius 2 is 2.00 bits per heavy atom. The second-order valence-electron chi connectivity index (χ2n) is 6.61. The highest BCUT2D eigenvalue weighted by Crippen LogP contribution is 2.34. The molecule has 0 fully saturated rings. The number of alkyl halides is 3. The predicted octanol–water partition coefficient (Wildman–Crippen LogP) is 4.46.